The fourth-order valence-electron chi connectivity index (χ4n) is 6.65. The predicted molar refractivity (Wildman–Crippen MR) is 164 cm³/mol. The molecule has 44 heavy (non-hydrogen) atoms. The largest absolute Gasteiger partial charge is 0.452 e. The van der Waals surface area contributed by atoms with E-state index in [0.717, 1.165) is 32.1 Å². The van der Waals surface area contributed by atoms with Crippen LogP contribution in [0.2, 0.25) is 0 Å². The topological polar surface area (TPSA) is 145 Å². The highest BCUT2D eigenvalue weighted by atomic mass is 16.5. The van der Waals surface area contributed by atoms with E-state index in [0.29, 0.717) is 25.8 Å². The highest BCUT2D eigenvalue weighted by Gasteiger charge is 2.44. The minimum atomic E-state index is -1.01. The molecule has 0 bridgehead atoms. The number of rotatable bonds is 4. The van der Waals surface area contributed by atoms with Crippen molar-refractivity contribution < 1.29 is 33.5 Å². The lowest BCUT2D eigenvalue weighted by Crippen LogP contribution is -2.61. The number of ether oxygens (including phenoxy) is 1. The number of hydrogen-bond donors (Lipinski definition) is 2. The zero-order valence-electron chi connectivity index (χ0n) is 27.6. The molecule has 248 valence electrons. The zero-order chi connectivity index (χ0) is 32.7. The summed E-state index contributed by atoms with van der Waals surface area (Å²) in [6.45, 7) is 9.36. The van der Waals surface area contributed by atoms with Crippen LogP contribution < -0.4 is 10.6 Å². The number of nitrogens with zero attached hydrogens (tertiary/aromatic N) is 3. The summed E-state index contributed by atoms with van der Waals surface area (Å²) in [5.74, 6) is -3.37. The number of carbonyl (C=O) groups excluding carboxylic acids is 6. The molecule has 1 aliphatic carbocycles. The van der Waals surface area contributed by atoms with Crippen molar-refractivity contribution in [3.05, 3.63) is 0 Å². The van der Waals surface area contributed by atoms with Gasteiger partial charge in [0.15, 0.2) is 6.10 Å². The van der Waals surface area contributed by atoms with Crippen LogP contribution in [-0.2, 0) is 33.5 Å². The maximum absolute atomic E-state index is 14.0. The molecule has 2 aliphatic heterocycles. The van der Waals surface area contributed by atoms with Crippen molar-refractivity contribution in [2.45, 2.75) is 123 Å². The lowest BCUT2D eigenvalue weighted by molar-refractivity contribution is -0.166. The summed E-state index contributed by atoms with van der Waals surface area (Å²) in [6, 6.07) is -3.49. The molecular weight excluding hydrogens is 566 g/mol. The van der Waals surface area contributed by atoms with E-state index in [4.69, 9.17) is 4.74 Å². The summed E-state index contributed by atoms with van der Waals surface area (Å²) in [4.78, 5) is 85.7. The number of amides is 5. The van der Waals surface area contributed by atoms with E-state index in [1.807, 2.05) is 27.7 Å². The molecule has 0 aromatic rings. The number of esters is 1. The molecule has 0 spiro atoms. The van der Waals surface area contributed by atoms with E-state index in [2.05, 4.69) is 10.6 Å². The van der Waals surface area contributed by atoms with E-state index < -0.39 is 59.9 Å². The Morgan fingerprint density at radius 2 is 1.50 bits per heavy atom. The average Bonchev–Trinajstić information content (AvgIpc) is 3.50. The molecule has 3 rings (SSSR count). The van der Waals surface area contributed by atoms with Gasteiger partial charge in [-0.25, -0.2) is 0 Å². The van der Waals surface area contributed by atoms with Gasteiger partial charge in [-0.2, -0.15) is 0 Å². The van der Waals surface area contributed by atoms with Gasteiger partial charge in [-0.1, -0.05) is 53.4 Å². The third kappa shape index (κ3) is 8.10. The molecule has 2 N–H and O–H groups in total. The monoisotopic (exact) mass is 619 g/mol. The molecule has 1 unspecified atom stereocenters. The summed E-state index contributed by atoms with van der Waals surface area (Å²) < 4.78 is 5.82. The Balaban J connectivity index is 2.01. The molecule has 5 amide bonds. The van der Waals surface area contributed by atoms with E-state index in [-0.39, 0.29) is 36.6 Å². The van der Waals surface area contributed by atoms with Crippen molar-refractivity contribution in [1.82, 2.24) is 25.3 Å². The fourth-order valence-corrected chi connectivity index (χ4v) is 6.65. The van der Waals surface area contributed by atoms with Crippen LogP contribution in [0.3, 0.4) is 0 Å². The molecule has 12 heteroatoms. The van der Waals surface area contributed by atoms with Crippen LogP contribution in [0.5, 0.6) is 0 Å². The van der Waals surface area contributed by atoms with Crippen LogP contribution in [0.25, 0.3) is 0 Å². The maximum Gasteiger partial charge on any atom is 0.308 e. The van der Waals surface area contributed by atoms with Gasteiger partial charge < -0.3 is 30.1 Å². The lowest BCUT2D eigenvalue weighted by Gasteiger charge is -2.38. The first-order valence-electron chi connectivity index (χ1n) is 16.4. The molecule has 3 fully saturated rings. The van der Waals surface area contributed by atoms with Crippen molar-refractivity contribution in [2.24, 2.45) is 17.8 Å². The number of fused-ring (bicyclic) bond motifs is 1. The first-order chi connectivity index (χ1) is 20.8. The van der Waals surface area contributed by atoms with Gasteiger partial charge in [-0.3, -0.25) is 28.8 Å². The van der Waals surface area contributed by atoms with Gasteiger partial charge in [0.2, 0.25) is 23.6 Å². The third-order valence-corrected chi connectivity index (χ3v) is 9.78. The van der Waals surface area contributed by atoms with Crippen LogP contribution in [-0.4, -0.2) is 108 Å². The third-order valence-electron chi connectivity index (χ3n) is 9.78. The van der Waals surface area contributed by atoms with Gasteiger partial charge in [0.1, 0.15) is 24.2 Å². The molecule has 12 nitrogen and oxygen atoms in total. The number of cyclic esters (lactones) is 1. The van der Waals surface area contributed by atoms with Crippen LogP contribution >= 0.6 is 0 Å². The highest BCUT2D eigenvalue weighted by Crippen LogP contribution is 2.31. The zero-order valence-corrected chi connectivity index (χ0v) is 27.6. The van der Waals surface area contributed by atoms with Crippen LogP contribution in [0.1, 0.15) is 92.4 Å². The molecule has 2 heterocycles. The van der Waals surface area contributed by atoms with Crippen molar-refractivity contribution >= 4 is 35.5 Å². The van der Waals surface area contributed by atoms with Gasteiger partial charge in [0.05, 0.1) is 6.42 Å². The Kier molecular flexibility index (Phi) is 12.6. The van der Waals surface area contributed by atoms with Gasteiger partial charge in [-0.15, -0.1) is 0 Å². The Morgan fingerprint density at radius 3 is 2.11 bits per heavy atom. The van der Waals surface area contributed by atoms with Gasteiger partial charge in [0, 0.05) is 33.1 Å². The van der Waals surface area contributed by atoms with Gasteiger partial charge in [-0.05, 0) is 44.4 Å². The lowest BCUT2D eigenvalue weighted by atomic mass is 9.84. The minimum absolute atomic E-state index is 0.0209. The van der Waals surface area contributed by atoms with Gasteiger partial charge >= 0.3 is 5.97 Å². The Labute approximate surface area is 261 Å². The van der Waals surface area contributed by atoms with E-state index in [1.165, 1.54) is 21.7 Å². The molecule has 6 atom stereocenters. The quantitative estimate of drug-likeness (QED) is 0.457. The van der Waals surface area contributed by atoms with Crippen molar-refractivity contribution in [3.63, 3.8) is 0 Å². The Hall–Kier alpha value is -3.18. The summed E-state index contributed by atoms with van der Waals surface area (Å²) >= 11 is 0. The highest BCUT2D eigenvalue weighted by molar-refractivity contribution is 5.96. The molecule has 0 radical (unpaired) electrons. The second kappa shape index (κ2) is 15.7. The van der Waals surface area contributed by atoms with E-state index in [1.54, 1.807) is 14.0 Å². The van der Waals surface area contributed by atoms with Crippen molar-refractivity contribution in [3.8, 4) is 0 Å². The number of likely N-dealkylation sites (N-methyl/N-ethyl adjacent to an activating group) is 2. The molecule has 0 aromatic carbocycles. The maximum atomic E-state index is 14.0. The second-order valence-corrected chi connectivity index (χ2v) is 13.2. The van der Waals surface area contributed by atoms with Crippen LogP contribution in [0.15, 0.2) is 0 Å². The standard InChI is InChI=1S/C32H53N5O7/c1-8-20(4)25-30(41)36(7)26(19(2)3)31(42)35(6)21(5)28(39)33-17-16-24(38)44-27(22-13-10-9-11-14-22)32(43)37-18-12-15-23(37)29(40)34-25/h19-23,25-27H,8-18H2,1-7H3,(H,33,39)(H,34,40)/t20-,21-,23-,25-,26-,27?/m0/s1. The SMILES string of the molecule is CC[C@H](C)[C@@H]1NC(=O)[C@@H]2CCCN2C(=O)C(C2CCCCC2)OC(=O)CCNC(=O)[C@H](C)N(C)C(=O)[C@H](C(C)C)N(C)C1=O. The molecular formula is C32H53N5O7. The summed E-state index contributed by atoms with van der Waals surface area (Å²) in [6.07, 6.45) is 4.89. The van der Waals surface area contributed by atoms with Gasteiger partial charge in [0.25, 0.3) is 5.91 Å². The summed E-state index contributed by atoms with van der Waals surface area (Å²) in [7, 11) is 3.07. The first-order valence-corrected chi connectivity index (χ1v) is 16.4. The fraction of sp³-hybridized carbons (Fsp3) is 0.812. The van der Waals surface area contributed by atoms with Crippen molar-refractivity contribution in [1.29, 1.82) is 0 Å². The van der Waals surface area contributed by atoms with Crippen molar-refractivity contribution in [2.75, 3.05) is 27.2 Å². The van der Waals surface area contributed by atoms with E-state index in [9.17, 15) is 28.8 Å². The molecule has 0 aromatic heterocycles. The molecule has 2 saturated heterocycles. The first kappa shape index (κ1) is 35.3. The molecule has 3 aliphatic rings. The summed E-state index contributed by atoms with van der Waals surface area (Å²) in [5, 5.41) is 5.64. The number of nitrogens with one attached hydrogen (secondary N) is 2. The number of hydrogen-bond acceptors (Lipinski definition) is 7. The molecule has 1 saturated carbocycles. The summed E-state index contributed by atoms with van der Waals surface area (Å²) in [5.41, 5.74) is 0. The number of carbonyl (C=O) groups is 6. The average molecular weight is 620 g/mol. The van der Waals surface area contributed by atoms with Crippen LogP contribution in [0.4, 0.5) is 0 Å². The second-order valence-electron chi connectivity index (χ2n) is 13.2. The normalized spacial score (nSPS) is 30.3. The predicted octanol–water partition coefficient (Wildman–Crippen LogP) is 1.85. The van der Waals surface area contributed by atoms with Crippen LogP contribution in [0, 0.1) is 17.8 Å². The Bertz CT molecular complexity index is 1080. The smallest absolute Gasteiger partial charge is 0.308 e. The van der Waals surface area contributed by atoms with E-state index >= 15 is 0 Å². The Morgan fingerprint density at radius 1 is 0.841 bits per heavy atom. The minimum Gasteiger partial charge on any atom is -0.452 e.